The zero-order chi connectivity index (χ0) is 42.1. The third-order valence-corrected chi connectivity index (χ3v) is 10.2. The Morgan fingerprint density at radius 2 is 0.776 bits per heavy atom. The molecule has 0 saturated heterocycles. The number of hydrogen-bond acceptors (Lipinski definition) is 5. The number of esters is 2. The average molecular weight is 809 g/mol. The molecule has 0 aliphatic heterocycles. The lowest BCUT2D eigenvalue weighted by atomic mass is 10.1. The summed E-state index contributed by atoms with van der Waals surface area (Å²) in [5, 5.41) is 0. The van der Waals surface area contributed by atoms with Crippen LogP contribution in [0.5, 0.6) is 0 Å². The summed E-state index contributed by atoms with van der Waals surface area (Å²) in [6.07, 6.45) is 62.3. The van der Waals surface area contributed by atoms with Crippen molar-refractivity contribution in [2.24, 2.45) is 0 Å². The lowest BCUT2D eigenvalue weighted by Gasteiger charge is -2.18. The fourth-order valence-corrected chi connectivity index (χ4v) is 6.63. The van der Waals surface area contributed by atoms with E-state index in [0.29, 0.717) is 19.4 Å². The van der Waals surface area contributed by atoms with Crippen LogP contribution in [0.25, 0.3) is 0 Å². The third kappa shape index (κ3) is 46.0. The van der Waals surface area contributed by atoms with Crippen LogP contribution in [0.4, 0.5) is 0 Å². The van der Waals surface area contributed by atoms with Crippen LogP contribution in [0.2, 0.25) is 0 Å². The van der Waals surface area contributed by atoms with E-state index in [-0.39, 0.29) is 25.2 Å². The first-order chi connectivity index (χ1) is 28.6. The van der Waals surface area contributed by atoms with Crippen molar-refractivity contribution in [3.05, 3.63) is 72.9 Å². The molecule has 0 aliphatic rings. The van der Waals surface area contributed by atoms with Crippen LogP contribution < -0.4 is 0 Å². The van der Waals surface area contributed by atoms with Gasteiger partial charge in [0.2, 0.25) is 0 Å². The van der Waals surface area contributed by atoms with E-state index in [1.807, 2.05) is 0 Å². The zero-order valence-corrected chi connectivity index (χ0v) is 38.3. The molecule has 0 aromatic heterocycles. The van der Waals surface area contributed by atoms with Crippen LogP contribution in [0.1, 0.15) is 226 Å². The Balaban J connectivity index is 4.21. The second-order valence-corrected chi connectivity index (χ2v) is 16.0. The molecule has 0 saturated carbocycles. The van der Waals surface area contributed by atoms with Crippen molar-refractivity contribution in [2.45, 2.75) is 232 Å². The first-order valence-electron chi connectivity index (χ1n) is 24.5. The van der Waals surface area contributed by atoms with Crippen LogP contribution in [0.15, 0.2) is 72.9 Å². The van der Waals surface area contributed by atoms with Gasteiger partial charge in [-0.1, -0.05) is 209 Å². The molecule has 0 N–H and O–H groups in total. The predicted octanol–water partition coefficient (Wildman–Crippen LogP) is 16.3. The highest BCUT2D eigenvalue weighted by Crippen LogP contribution is 2.14. The van der Waals surface area contributed by atoms with E-state index in [2.05, 4.69) is 93.7 Å². The first-order valence-corrected chi connectivity index (χ1v) is 24.5. The molecule has 0 aliphatic carbocycles. The van der Waals surface area contributed by atoms with Crippen molar-refractivity contribution < 1.29 is 23.8 Å². The quantitative estimate of drug-likeness (QED) is 0.0348. The van der Waals surface area contributed by atoms with E-state index in [9.17, 15) is 9.59 Å². The number of unbranched alkanes of at least 4 members (excludes halogenated alkanes) is 21. The minimum Gasteiger partial charge on any atom is -0.462 e. The number of ether oxygens (including phenoxy) is 3. The van der Waals surface area contributed by atoms with Crippen molar-refractivity contribution in [3.63, 3.8) is 0 Å². The topological polar surface area (TPSA) is 61.8 Å². The molecule has 334 valence electrons. The lowest BCUT2D eigenvalue weighted by molar-refractivity contribution is -0.162. The molecule has 1 atom stereocenters. The molecule has 0 heterocycles. The Labute approximate surface area is 359 Å². The fourth-order valence-electron chi connectivity index (χ4n) is 6.63. The normalized spacial score (nSPS) is 12.8. The Bertz CT molecular complexity index is 1050. The van der Waals surface area contributed by atoms with Gasteiger partial charge in [-0.3, -0.25) is 9.59 Å². The molecule has 0 spiro atoms. The van der Waals surface area contributed by atoms with E-state index >= 15 is 0 Å². The van der Waals surface area contributed by atoms with E-state index in [4.69, 9.17) is 14.2 Å². The van der Waals surface area contributed by atoms with Gasteiger partial charge in [-0.25, -0.2) is 0 Å². The van der Waals surface area contributed by atoms with E-state index in [1.54, 1.807) is 0 Å². The summed E-state index contributed by atoms with van der Waals surface area (Å²) in [6.45, 7) is 7.47. The Morgan fingerprint density at radius 3 is 1.24 bits per heavy atom. The molecule has 0 fully saturated rings. The van der Waals surface area contributed by atoms with Crippen molar-refractivity contribution in [2.75, 3.05) is 19.8 Å². The lowest BCUT2D eigenvalue weighted by Crippen LogP contribution is -2.30. The Morgan fingerprint density at radius 1 is 0.397 bits per heavy atom. The molecular formula is C53H92O5. The Kier molecular flexibility index (Phi) is 46.5. The van der Waals surface area contributed by atoms with E-state index < -0.39 is 6.10 Å². The van der Waals surface area contributed by atoms with Gasteiger partial charge in [-0.05, 0) is 77.0 Å². The van der Waals surface area contributed by atoms with Gasteiger partial charge in [0.25, 0.3) is 0 Å². The van der Waals surface area contributed by atoms with Crippen molar-refractivity contribution in [1.82, 2.24) is 0 Å². The monoisotopic (exact) mass is 809 g/mol. The van der Waals surface area contributed by atoms with E-state index in [0.717, 1.165) is 70.6 Å². The molecule has 1 unspecified atom stereocenters. The molecule has 0 rings (SSSR count). The molecule has 0 aromatic carbocycles. The number of carbonyl (C=O) groups is 2. The minimum atomic E-state index is -0.574. The summed E-state index contributed by atoms with van der Waals surface area (Å²) >= 11 is 0. The van der Waals surface area contributed by atoms with Crippen LogP contribution in [-0.4, -0.2) is 37.9 Å². The highest BCUT2D eigenvalue weighted by Gasteiger charge is 2.17. The van der Waals surface area contributed by atoms with Gasteiger partial charge in [0.15, 0.2) is 6.10 Å². The molecule has 5 nitrogen and oxygen atoms in total. The zero-order valence-electron chi connectivity index (χ0n) is 38.3. The van der Waals surface area contributed by atoms with E-state index in [1.165, 1.54) is 122 Å². The number of rotatable bonds is 44. The van der Waals surface area contributed by atoms with Crippen molar-refractivity contribution in [3.8, 4) is 0 Å². The maximum atomic E-state index is 12.6. The number of hydrogen-bond donors (Lipinski definition) is 0. The highest BCUT2D eigenvalue weighted by atomic mass is 16.6. The molecule has 58 heavy (non-hydrogen) atoms. The van der Waals surface area contributed by atoms with Crippen molar-refractivity contribution in [1.29, 1.82) is 0 Å². The number of allylic oxidation sites excluding steroid dienone is 11. The second kappa shape index (κ2) is 48.7. The van der Waals surface area contributed by atoms with Gasteiger partial charge >= 0.3 is 11.9 Å². The highest BCUT2D eigenvalue weighted by molar-refractivity contribution is 5.70. The summed E-state index contributed by atoms with van der Waals surface area (Å²) in [4.78, 5) is 25.2. The van der Waals surface area contributed by atoms with Gasteiger partial charge in [0.05, 0.1) is 13.2 Å². The summed E-state index contributed by atoms with van der Waals surface area (Å²) in [5.74, 6) is -0.445. The van der Waals surface area contributed by atoms with Gasteiger partial charge in [0, 0.05) is 12.8 Å². The van der Waals surface area contributed by atoms with Crippen LogP contribution in [0.3, 0.4) is 0 Å². The largest absolute Gasteiger partial charge is 0.462 e. The SMILES string of the molecule is CC/C=C\C/C=C\C/C=C\C/C=C\C/C=C\CCOCC(COC(=O)CCCCCCCCCCC/C=C\CCCCCCCC)OC(=O)CCCCCCCCC. The summed E-state index contributed by atoms with van der Waals surface area (Å²) in [5.41, 5.74) is 0. The molecular weight excluding hydrogens is 717 g/mol. The van der Waals surface area contributed by atoms with Crippen LogP contribution in [0, 0.1) is 0 Å². The summed E-state index contributed by atoms with van der Waals surface area (Å²) in [7, 11) is 0. The van der Waals surface area contributed by atoms with Gasteiger partial charge in [-0.15, -0.1) is 0 Å². The minimum absolute atomic E-state index is 0.0537. The van der Waals surface area contributed by atoms with Crippen LogP contribution >= 0.6 is 0 Å². The third-order valence-electron chi connectivity index (χ3n) is 10.2. The molecule has 0 aromatic rings. The van der Waals surface area contributed by atoms with Crippen LogP contribution in [-0.2, 0) is 23.8 Å². The standard InChI is InChI=1S/C53H92O5/c1-4-7-10-13-16-18-20-22-24-26-27-28-29-31-33-35-38-40-43-46-52(54)57-50-51(58-53(55)47-44-41-37-15-12-9-6-3)49-56-48-45-42-39-36-34-32-30-25-23-21-19-17-14-11-8-5-2/h8,11,17,19,22-25,32,34,39,42,51H,4-7,9-10,12-16,18,20-21,26-31,33,35-38,40-41,43-50H2,1-3H3/b11-8-,19-17-,24-22-,25-23-,34-32-,42-39-. The van der Waals surface area contributed by atoms with Crippen molar-refractivity contribution >= 4 is 11.9 Å². The molecule has 0 amide bonds. The molecule has 0 bridgehead atoms. The second-order valence-electron chi connectivity index (χ2n) is 16.0. The fraction of sp³-hybridized carbons (Fsp3) is 0.736. The smallest absolute Gasteiger partial charge is 0.306 e. The maximum absolute atomic E-state index is 12.6. The maximum Gasteiger partial charge on any atom is 0.306 e. The summed E-state index contributed by atoms with van der Waals surface area (Å²) < 4.78 is 17.2. The first kappa shape index (κ1) is 55.3. The Hall–Kier alpha value is -2.66. The van der Waals surface area contributed by atoms with Gasteiger partial charge in [-0.2, -0.15) is 0 Å². The summed E-state index contributed by atoms with van der Waals surface area (Å²) in [6, 6.07) is 0. The molecule has 5 heteroatoms. The average Bonchev–Trinajstić information content (AvgIpc) is 3.22. The van der Waals surface area contributed by atoms with Gasteiger partial charge in [0.1, 0.15) is 6.61 Å². The van der Waals surface area contributed by atoms with Gasteiger partial charge < -0.3 is 14.2 Å². The number of carbonyl (C=O) groups excluding carboxylic acids is 2. The predicted molar refractivity (Wildman–Crippen MR) is 251 cm³/mol. The molecule has 0 radical (unpaired) electrons.